The van der Waals surface area contributed by atoms with Crippen molar-refractivity contribution in [3.63, 3.8) is 0 Å². The number of allylic oxidation sites excluding steroid dienone is 1. The SMILES string of the molecule is CON(C)C(=O)CC1CCC=CC[C@@H](c2ccccc2)OC(=O)c2c(O)cc(O)cc2C1. The molecule has 0 spiro atoms. The van der Waals surface area contributed by atoms with Crippen molar-refractivity contribution in [3.05, 3.63) is 71.3 Å². The molecule has 0 saturated carbocycles. The Balaban J connectivity index is 1.96. The average molecular weight is 440 g/mol. The first-order valence-electron chi connectivity index (χ1n) is 10.7. The molecule has 2 aromatic carbocycles. The lowest BCUT2D eigenvalue weighted by molar-refractivity contribution is -0.169. The number of ether oxygens (including phenoxy) is 1. The first kappa shape index (κ1) is 23.3. The van der Waals surface area contributed by atoms with Crippen LogP contribution in [0.15, 0.2) is 54.6 Å². The molecule has 2 aromatic rings. The first-order valence-corrected chi connectivity index (χ1v) is 10.7. The van der Waals surface area contributed by atoms with E-state index in [1.165, 1.54) is 18.2 Å². The molecule has 0 fully saturated rings. The fraction of sp³-hybridized carbons (Fsp3) is 0.360. The fourth-order valence-corrected chi connectivity index (χ4v) is 3.91. The van der Waals surface area contributed by atoms with E-state index in [1.54, 1.807) is 7.05 Å². The number of hydroxylamine groups is 2. The number of nitrogens with zero attached hydrogens (tertiary/aromatic N) is 1. The predicted octanol–water partition coefficient (Wildman–Crippen LogP) is 4.30. The van der Waals surface area contributed by atoms with E-state index >= 15 is 0 Å². The Labute approximate surface area is 187 Å². The smallest absolute Gasteiger partial charge is 0.342 e. The standard InChI is InChI=1S/C25H29NO6/c1-26(31-2)23(29)14-17-9-5-3-8-12-22(18-10-6-4-7-11-18)32-25(30)24-19(13-17)15-20(27)16-21(24)28/h3-4,6-8,10-11,15-17,22,27-28H,5,9,12-14H2,1-2H3/t17?,22-/m0/s1. The zero-order chi connectivity index (χ0) is 23.1. The zero-order valence-electron chi connectivity index (χ0n) is 18.4. The highest BCUT2D eigenvalue weighted by molar-refractivity contribution is 5.94. The van der Waals surface area contributed by atoms with Gasteiger partial charge in [0.25, 0.3) is 0 Å². The van der Waals surface area contributed by atoms with Gasteiger partial charge in [0.2, 0.25) is 5.91 Å². The van der Waals surface area contributed by atoms with E-state index in [-0.39, 0.29) is 35.3 Å². The largest absolute Gasteiger partial charge is 0.508 e. The quantitative estimate of drug-likeness (QED) is 0.419. The molecule has 3 rings (SSSR count). The van der Waals surface area contributed by atoms with Gasteiger partial charge in [-0.1, -0.05) is 42.5 Å². The molecule has 7 heteroatoms. The third-order valence-electron chi connectivity index (χ3n) is 5.66. The van der Waals surface area contributed by atoms with Gasteiger partial charge in [-0.25, -0.2) is 9.86 Å². The Hall–Kier alpha value is -3.32. The van der Waals surface area contributed by atoms with Gasteiger partial charge in [-0.05, 0) is 42.4 Å². The predicted molar refractivity (Wildman–Crippen MR) is 119 cm³/mol. The summed E-state index contributed by atoms with van der Waals surface area (Å²) in [6.07, 6.45) is 5.95. The monoisotopic (exact) mass is 439 g/mol. The maximum absolute atomic E-state index is 13.1. The molecule has 7 nitrogen and oxygen atoms in total. The number of phenols is 2. The lowest BCUT2D eigenvalue weighted by Crippen LogP contribution is -2.28. The van der Waals surface area contributed by atoms with Crippen molar-refractivity contribution in [3.8, 4) is 11.5 Å². The molecule has 170 valence electrons. The number of carbonyl (C=O) groups is 2. The van der Waals surface area contributed by atoms with Crippen molar-refractivity contribution in [1.29, 1.82) is 0 Å². The van der Waals surface area contributed by atoms with Crippen molar-refractivity contribution in [2.45, 2.75) is 38.2 Å². The highest BCUT2D eigenvalue weighted by atomic mass is 16.7. The minimum absolute atomic E-state index is 0.0193. The second-order valence-electron chi connectivity index (χ2n) is 7.94. The number of aromatic hydroxyl groups is 2. The summed E-state index contributed by atoms with van der Waals surface area (Å²) in [7, 11) is 2.97. The van der Waals surface area contributed by atoms with Crippen LogP contribution in [-0.4, -0.2) is 41.3 Å². The van der Waals surface area contributed by atoms with E-state index in [0.717, 1.165) is 18.1 Å². The molecular weight excluding hydrogens is 410 g/mol. The molecule has 1 aliphatic heterocycles. The van der Waals surface area contributed by atoms with Crippen LogP contribution in [0, 0.1) is 5.92 Å². The van der Waals surface area contributed by atoms with Crippen LogP contribution >= 0.6 is 0 Å². The van der Waals surface area contributed by atoms with Crippen LogP contribution < -0.4 is 0 Å². The number of amides is 1. The maximum Gasteiger partial charge on any atom is 0.342 e. The number of cyclic esters (lactones) is 1. The van der Waals surface area contributed by atoms with Crippen molar-refractivity contribution < 1.29 is 29.4 Å². The Morgan fingerprint density at radius 1 is 1.19 bits per heavy atom. The van der Waals surface area contributed by atoms with Gasteiger partial charge >= 0.3 is 5.97 Å². The molecule has 1 aliphatic rings. The molecule has 0 radical (unpaired) electrons. The van der Waals surface area contributed by atoms with Crippen molar-refractivity contribution in [1.82, 2.24) is 5.06 Å². The third kappa shape index (κ3) is 5.88. The normalized spacial score (nSPS) is 19.2. The molecule has 0 saturated heterocycles. The number of fused-ring (bicyclic) bond motifs is 1. The van der Waals surface area contributed by atoms with Crippen LogP contribution in [0.5, 0.6) is 11.5 Å². The highest BCUT2D eigenvalue weighted by Crippen LogP contribution is 2.34. The number of esters is 1. The number of benzene rings is 2. The van der Waals surface area contributed by atoms with Gasteiger partial charge in [0, 0.05) is 26.0 Å². The van der Waals surface area contributed by atoms with E-state index in [1.807, 2.05) is 42.5 Å². The number of rotatable bonds is 4. The Morgan fingerprint density at radius 2 is 1.94 bits per heavy atom. The molecule has 2 atom stereocenters. The Kier molecular flexibility index (Phi) is 7.89. The van der Waals surface area contributed by atoms with Gasteiger partial charge in [-0.15, -0.1) is 0 Å². The van der Waals surface area contributed by atoms with Crippen LogP contribution in [0.2, 0.25) is 0 Å². The number of carbonyl (C=O) groups excluding carboxylic acids is 2. The number of hydrogen-bond donors (Lipinski definition) is 2. The summed E-state index contributed by atoms with van der Waals surface area (Å²) in [6, 6.07) is 12.0. The van der Waals surface area contributed by atoms with Gasteiger partial charge in [0.1, 0.15) is 23.2 Å². The average Bonchev–Trinajstić information content (AvgIpc) is 2.76. The molecule has 2 N–H and O–H groups in total. The molecular formula is C25H29NO6. The summed E-state index contributed by atoms with van der Waals surface area (Å²) in [6.45, 7) is 0. The number of phenolic OH excluding ortho intramolecular Hbond substituents is 2. The van der Waals surface area contributed by atoms with Gasteiger partial charge in [0.15, 0.2) is 0 Å². The number of hydrogen-bond acceptors (Lipinski definition) is 6. The van der Waals surface area contributed by atoms with Gasteiger partial charge < -0.3 is 14.9 Å². The van der Waals surface area contributed by atoms with E-state index in [4.69, 9.17) is 9.57 Å². The maximum atomic E-state index is 13.1. The Morgan fingerprint density at radius 3 is 2.66 bits per heavy atom. The van der Waals surface area contributed by atoms with Crippen LogP contribution in [0.4, 0.5) is 0 Å². The second kappa shape index (κ2) is 10.8. The minimum Gasteiger partial charge on any atom is -0.508 e. The van der Waals surface area contributed by atoms with E-state index in [0.29, 0.717) is 24.8 Å². The van der Waals surface area contributed by atoms with Crippen LogP contribution in [0.25, 0.3) is 0 Å². The summed E-state index contributed by atoms with van der Waals surface area (Å²) >= 11 is 0. The third-order valence-corrected chi connectivity index (χ3v) is 5.66. The second-order valence-corrected chi connectivity index (χ2v) is 7.94. The summed E-state index contributed by atoms with van der Waals surface area (Å²) in [5.74, 6) is -1.48. The van der Waals surface area contributed by atoms with Gasteiger partial charge in [-0.2, -0.15) is 0 Å². The molecule has 0 bridgehead atoms. The summed E-state index contributed by atoms with van der Waals surface area (Å²) < 4.78 is 5.80. The topological polar surface area (TPSA) is 96.3 Å². The molecule has 1 amide bonds. The van der Waals surface area contributed by atoms with Crippen LogP contribution in [0.3, 0.4) is 0 Å². The van der Waals surface area contributed by atoms with Gasteiger partial charge in [0.05, 0.1) is 7.11 Å². The minimum atomic E-state index is -0.667. The van der Waals surface area contributed by atoms with Gasteiger partial charge in [-0.3, -0.25) is 9.63 Å². The first-order chi connectivity index (χ1) is 15.4. The molecule has 0 aromatic heterocycles. The van der Waals surface area contributed by atoms with E-state index in [9.17, 15) is 19.8 Å². The zero-order valence-corrected chi connectivity index (χ0v) is 18.4. The van der Waals surface area contributed by atoms with E-state index in [2.05, 4.69) is 0 Å². The molecule has 0 aliphatic carbocycles. The highest BCUT2D eigenvalue weighted by Gasteiger charge is 2.26. The summed E-state index contributed by atoms with van der Waals surface area (Å²) in [5.41, 5.74) is 1.32. The summed E-state index contributed by atoms with van der Waals surface area (Å²) in [5, 5.41) is 21.7. The summed E-state index contributed by atoms with van der Waals surface area (Å²) in [4.78, 5) is 30.5. The van der Waals surface area contributed by atoms with Crippen molar-refractivity contribution in [2.24, 2.45) is 5.92 Å². The van der Waals surface area contributed by atoms with E-state index < -0.39 is 12.1 Å². The van der Waals surface area contributed by atoms with Crippen molar-refractivity contribution in [2.75, 3.05) is 14.2 Å². The lowest BCUT2D eigenvalue weighted by Gasteiger charge is -2.23. The molecule has 1 heterocycles. The van der Waals surface area contributed by atoms with Crippen molar-refractivity contribution >= 4 is 11.9 Å². The van der Waals surface area contributed by atoms with Crippen LogP contribution in [0.1, 0.15) is 53.3 Å². The fourth-order valence-electron chi connectivity index (χ4n) is 3.91. The van der Waals surface area contributed by atoms with Crippen LogP contribution in [-0.2, 0) is 20.8 Å². The molecule has 32 heavy (non-hydrogen) atoms. The Bertz CT molecular complexity index is 972. The molecule has 1 unspecified atom stereocenters. The lowest BCUT2D eigenvalue weighted by atomic mass is 9.88.